The van der Waals surface area contributed by atoms with E-state index in [0.29, 0.717) is 0 Å². The SMILES string of the molecule is COc1ccc(CN(O)C(=O)C(C)C)cc1. The van der Waals surface area contributed by atoms with Crippen molar-refractivity contribution in [3.8, 4) is 5.75 Å². The van der Waals surface area contributed by atoms with Crippen LogP contribution in [0.1, 0.15) is 19.4 Å². The topological polar surface area (TPSA) is 49.8 Å². The first-order valence-electron chi connectivity index (χ1n) is 5.17. The average molecular weight is 223 g/mol. The maximum Gasteiger partial charge on any atom is 0.248 e. The minimum atomic E-state index is -0.282. The molecule has 0 heterocycles. The molecule has 0 aliphatic carbocycles. The quantitative estimate of drug-likeness (QED) is 0.628. The van der Waals surface area contributed by atoms with E-state index in [1.54, 1.807) is 33.1 Å². The van der Waals surface area contributed by atoms with E-state index in [4.69, 9.17) is 4.74 Å². The first kappa shape index (κ1) is 12.5. The second-order valence-electron chi connectivity index (χ2n) is 3.90. The first-order valence-corrected chi connectivity index (χ1v) is 5.17. The van der Waals surface area contributed by atoms with Crippen molar-refractivity contribution in [1.82, 2.24) is 5.06 Å². The van der Waals surface area contributed by atoms with Gasteiger partial charge in [-0.1, -0.05) is 26.0 Å². The number of hydroxylamine groups is 2. The molecule has 1 aromatic rings. The van der Waals surface area contributed by atoms with E-state index in [9.17, 15) is 10.0 Å². The van der Waals surface area contributed by atoms with E-state index < -0.39 is 0 Å². The van der Waals surface area contributed by atoms with Crippen molar-refractivity contribution in [2.24, 2.45) is 5.92 Å². The highest BCUT2D eigenvalue weighted by atomic mass is 16.5. The number of carbonyl (C=O) groups is 1. The summed E-state index contributed by atoms with van der Waals surface area (Å²) in [6.45, 7) is 3.69. The van der Waals surface area contributed by atoms with Crippen molar-refractivity contribution < 1.29 is 14.7 Å². The van der Waals surface area contributed by atoms with Gasteiger partial charge in [-0.15, -0.1) is 0 Å². The molecular formula is C12H17NO3. The molecule has 16 heavy (non-hydrogen) atoms. The van der Waals surface area contributed by atoms with E-state index in [-0.39, 0.29) is 18.4 Å². The van der Waals surface area contributed by atoms with Gasteiger partial charge in [0, 0.05) is 5.92 Å². The summed E-state index contributed by atoms with van der Waals surface area (Å²) in [7, 11) is 1.59. The normalized spacial score (nSPS) is 10.3. The largest absolute Gasteiger partial charge is 0.497 e. The van der Waals surface area contributed by atoms with Gasteiger partial charge in [-0.05, 0) is 17.7 Å². The molecule has 1 aromatic carbocycles. The molecular weight excluding hydrogens is 206 g/mol. The molecule has 0 saturated carbocycles. The fourth-order valence-corrected chi connectivity index (χ4v) is 1.28. The second kappa shape index (κ2) is 5.51. The van der Waals surface area contributed by atoms with Crippen molar-refractivity contribution >= 4 is 5.91 Å². The minimum Gasteiger partial charge on any atom is -0.497 e. The van der Waals surface area contributed by atoms with Gasteiger partial charge in [0.15, 0.2) is 0 Å². The van der Waals surface area contributed by atoms with E-state index in [1.165, 1.54) is 0 Å². The Balaban J connectivity index is 2.62. The van der Waals surface area contributed by atoms with Crippen LogP contribution in [0.2, 0.25) is 0 Å². The molecule has 0 aromatic heterocycles. The van der Waals surface area contributed by atoms with Crippen LogP contribution in [-0.2, 0) is 11.3 Å². The number of amides is 1. The van der Waals surface area contributed by atoms with E-state index in [1.807, 2.05) is 12.1 Å². The second-order valence-corrected chi connectivity index (χ2v) is 3.90. The molecule has 1 rings (SSSR count). The molecule has 0 unspecified atom stereocenters. The lowest BCUT2D eigenvalue weighted by Crippen LogP contribution is -2.30. The lowest BCUT2D eigenvalue weighted by Gasteiger charge is -2.17. The molecule has 0 bridgehead atoms. The Morgan fingerprint density at radius 2 is 1.94 bits per heavy atom. The fraction of sp³-hybridized carbons (Fsp3) is 0.417. The Hall–Kier alpha value is -1.55. The van der Waals surface area contributed by atoms with Gasteiger partial charge >= 0.3 is 0 Å². The highest BCUT2D eigenvalue weighted by Gasteiger charge is 2.14. The van der Waals surface area contributed by atoms with Crippen molar-refractivity contribution in [2.45, 2.75) is 20.4 Å². The Kier molecular flexibility index (Phi) is 4.31. The minimum absolute atomic E-state index is 0.195. The summed E-state index contributed by atoms with van der Waals surface area (Å²) < 4.78 is 5.02. The first-order chi connectivity index (χ1) is 7.54. The van der Waals surface area contributed by atoms with Crippen molar-refractivity contribution in [2.75, 3.05) is 7.11 Å². The molecule has 88 valence electrons. The number of hydrogen-bond donors (Lipinski definition) is 1. The zero-order valence-electron chi connectivity index (χ0n) is 9.80. The maximum absolute atomic E-state index is 11.4. The molecule has 4 heteroatoms. The van der Waals surface area contributed by atoms with Crippen LogP contribution in [0.4, 0.5) is 0 Å². The number of ether oxygens (including phenoxy) is 1. The summed E-state index contributed by atoms with van der Waals surface area (Å²) in [4.78, 5) is 11.4. The molecule has 0 aliphatic heterocycles. The van der Waals surface area contributed by atoms with Crippen molar-refractivity contribution in [3.05, 3.63) is 29.8 Å². The van der Waals surface area contributed by atoms with Crippen LogP contribution in [-0.4, -0.2) is 23.3 Å². The molecule has 1 N–H and O–H groups in total. The van der Waals surface area contributed by atoms with Gasteiger partial charge in [0.1, 0.15) is 5.75 Å². The van der Waals surface area contributed by atoms with E-state index in [2.05, 4.69) is 0 Å². The highest BCUT2D eigenvalue weighted by Crippen LogP contribution is 2.13. The number of hydrogen-bond acceptors (Lipinski definition) is 3. The zero-order valence-corrected chi connectivity index (χ0v) is 9.80. The smallest absolute Gasteiger partial charge is 0.248 e. The number of rotatable bonds is 4. The van der Waals surface area contributed by atoms with Gasteiger partial charge < -0.3 is 4.74 Å². The average Bonchev–Trinajstić information content (AvgIpc) is 2.28. The maximum atomic E-state index is 11.4. The third kappa shape index (κ3) is 3.24. The van der Waals surface area contributed by atoms with Gasteiger partial charge in [-0.3, -0.25) is 10.0 Å². The lowest BCUT2D eigenvalue weighted by atomic mass is 10.2. The van der Waals surface area contributed by atoms with Crippen LogP contribution in [0.3, 0.4) is 0 Å². The Morgan fingerprint density at radius 3 is 2.38 bits per heavy atom. The molecule has 0 aliphatic rings. The molecule has 1 amide bonds. The van der Waals surface area contributed by atoms with Crippen molar-refractivity contribution in [3.63, 3.8) is 0 Å². The van der Waals surface area contributed by atoms with Gasteiger partial charge in [0.05, 0.1) is 13.7 Å². The summed E-state index contributed by atoms with van der Waals surface area (Å²) >= 11 is 0. The summed E-state index contributed by atoms with van der Waals surface area (Å²) in [6.07, 6.45) is 0. The predicted molar refractivity (Wildman–Crippen MR) is 60.2 cm³/mol. The molecule has 0 spiro atoms. The van der Waals surface area contributed by atoms with Gasteiger partial charge in [-0.2, -0.15) is 0 Å². The third-order valence-corrected chi connectivity index (χ3v) is 2.24. The van der Waals surface area contributed by atoms with Crippen LogP contribution in [0, 0.1) is 5.92 Å². The number of carbonyl (C=O) groups excluding carboxylic acids is 1. The van der Waals surface area contributed by atoms with Crippen LogP contribution in [0.15, 0.2) is 24.3 Å². The third-order valence-electron chi connectivity index (χ3n) is 2.24. The summed E-state index contributed by atoms with van der Waals surface area (Å²) in [5, 5.41) is 10.3. The molecule has 0 saturated heterocycles. The monoisotopic (exact) mass is 223 g/mol. The standard InChI is InChI=1S/C12H17NO3/c1-9(2)12(14)13(15)8-10-4-6-11(16-3)7-5-10/h4-7,9,15H,8H2,1-3H3. The zero-order chi connectivity index (χ0) is 12.1. The van der Waals surface area contributed by atoms with Gasteiger partial charge in [0.2, 0.25) is 5.91 Å². The number of methoxy groups -OCH3 is 1. The van der Waals surface area contributed by atoms with Crippen LogP contribution >= 0.6 is 0 Å². The van der Waals surface area contributed by atoms with Crippen LogP contribution in [0.25, 0.3) is 0 Å². The number of nitrogens with zero attached hydrogens (tertiary/aromatic N) is 1. The molecule has 4 nitrogen and oxygen atoms in total. The van der Waals surface area contributed by atoms with Crippen LogP contribution < -0.4 is 4.74 Å². The van der Waals surface area contributed by atoms with Crippen molar-refractivity contribution in [1.29, 1.82) is 0 Å². The van der Waals surface area contributed by atoms with Crippen LogP contribution in [0.5, 0.6) is 5.75 Å². The van der Waals surface area contributed by atoms with Gasteiger partial charge in [0.25, 0.3) is 0 Å². The summed E-state index contributed by atoms with van der Waals surface area (Å²) in [5.41, 5.74) is 0.859. The lowest BCUT2D eigenvalue weighted by molar-refractivity contribution is -0.171. The summed E-state index contributed by atoms with van der Waals surface area (Å²) in [6, 6.07) is 7.22. The molecule has 0 radical (unpaired) electrons. The molecule has 0 atom stereocenters. The fourth-order valence-electron chi connectivity index (χ4n) is 1.28. The Bertz CT molecular complexity index is 346. The van der Waals surface area contributed by atoms with Gasteiger partial charge in [-0.25, -0.2) is 5.06 Å². The highest BCUT2D eigenvalue weighted by molar-refractivity contribution is 5.76. The Labute approximate surface area is 95.4 Å². The molecule has 0 fully saturated rings. The van der Waals surface area contributed by atoms with E-state index in [0.717, 1.165) is 16.4 Å². The number of benzene rings is 1. The van der Waals surface area contributed by atoms with E-state index >= 15 is 0 Å². The Morgan fingerprint density at radius 1 is 1.38 bits per heavy atom. The summed E-state index contributed by atoms with van der Waals surface area (Å²) in [5.74, 6) is 0.266. The predicted octanol–water partition coefficient (Wildman–Crippen LogP) is 2.07.